The highest BCUT2D eigenvalue weighted by Gasteiger charge is 2.24. The van der Waals surface area contributed by atoms with Gasteiger partial charge in [-0.3, -0.25) is 10.1 Å². The minimum Gasteiger partial charge on any atom is -0.289 e. The first-order chi connectivity index (χ1) is 12.2. The maximum Gasteiger partial charge on any atom is 0.258 e. The molecule has 4 rings (SSSR count). The third kappa shape index (κ3) is 3.36. The zero-order chi connectivity index (χ0) is 17.2. The number of hydrogen-bond donors (Lipinski definition) is 1. The molecule has 0 fully saturated rings. The Bertz CT molecular complexity index is 911. The third-order valence-electron chi connectivity index (χ3n) is 4.23. The van der Waals surface area contributed by atoms with E-state index in [0.29, 0.717) is 22.5 Å². The van der Waals surface area contributed by atoms with Crippen LogP contribution in [0.4, 0.5) is 5.95 Å². The van der Waals surface area contributed by atoms with Gasteiger partial charge in [0.25, 0.3) is 5.91 Å². The van der Waals surface area contributed by atoms with Gasteiger partial charge in [-0.2, -0.15) is 4.98 Å². The number of carbonyl (C=O) groups is 1. The Morgan fingerprint density at radius 2 is 2.12 bits per heavy atom. The second kappa shape index (κ2) is 6.60. The second-order valence-corrected chi connectivity index (χ2v) is 6.34. The molecule has 0 aliphatic carbocycles. The van der Waals surface area contributed by atoms with Crippen LogP contribution in [-0.4, -0.2) is 30.6 Å². The molecule has 1 aliphatic heterocycles. The van der Waals surface area contributed by atoms with E-state index in [9.17, 15) is 4.79 Å². The Kier molecular flexibility index (Phi) is 4.15. The molecule has 7 nitrogen and oxygen atoms in total. The number of carbonyl (C=O) groups excluding carboxylic acids is 1. The van der Waals surface area contributed by atoms with Gasteiger partial charge in [-0.15, -0.1) is 5.10 Å². The van der Waals surface area contributed by atoms with Crippen molar-refractivity contribution in [3.8, 4) is 0 Å². The van der Waals surface area contributed by atoms with Gasteiger partial charge in [0, 0.05) is 35.9 Å². The van der Waals surface area contributed by atoms with E-state index in [1.165, 1.54) is 6.33 Å². The van der Waals surface area contributed by atoms with Crippen molar-refractivity contribution in [1.82, 2.24) is 24.7 Å². The Morgan fingerprint density at radius 3 is 2.92 bits per heavy atom. The molecule has 0 radical (unpaired) electrons. The van der Waals surface area contributed by atoms with Crippen LogP contribution in [0.25, 0.3) is 0 Å². The number of fused-ring (bicyclic) bond motifs is 1. The molecule has 1 aromatic carbocycles. The molecule has 3 heterocycles. The Morgan fingerprint density at radius 1 is 1.28 bits per heavy atom. The minimum absolute atomic E-state index is 0.279. The lowest BCUT2D eigenvalue weighted by Gasteiger charge is -2.21. The van der Waals surface area contributed by atoms with Gasteiger partial charge in [-0.05, 0) is 36.1 Å². The predicted octanol–water partition coefficient (Wildman–Crippen LogP) is 2.70. The van der Waals surface area contributed by atoms with E-state index in [1.807, 2.05) is 17.1 Å². The highest BCUT2D eigenvalue weighted by molar-refractivity contribution is 6.31. The van der Waals surface area contributed by atoms with Crippen molar-refractivity contribution in [1.29, 1.82) is 0 Å². The van der Waals surface area contributed by atoms with Crippen LogP contribution in [0.3, 0.4) is 0 Å². The number of halogens is 1. The summed E-state index contributed by atoms with van der Waals surface area (Å²) in [5, 5.41) is 7.62. The lowest BCUT2D eigenvalue weighted by Crippen LogP contribution is -2.19. The molecule has 0 saturated carbocycles. The molecule has 0 bridgehead atoms. The standard InChI is InChI=1S/C17H15ClN6O/c18-14-3-1-2-12(6-14)16(25)22-17-21-15-7-11(4-5-24(15)23-17)13-8-19-10-20-9-13/h1-3,6,8-11H,4-5,7H2,(H,22,23,25). The Labute approximate surface area is 149 Å². The summed E-state index contributed by atoms with van der Waals surface area (Å²) in [6, 6.07) is 6.76. The van der Waals surface area contributed by atoms with Crippen LogP contribution in [0.5, 0.6) is 0 Å². The van der Waals surface area contributed by atoms with Gasteiger partial charge in [0.2, 0.25) is 5.95 Å². The number of hydrogen-bond acceptors (Lipinski definition) is 5. The summed E-state index contributed by atoms with van der Waals surface area (Å²) < 4.78 is 1.84. The maximum absolute atomic E-state index is 12.3. The van der Waals surface area contributed by atoms with Crippen molar-refractivity contribution in [3.05, 3.63) is 65.0 Å². The number of aryl methyl sites for hydroxylation is 1. The molecule has 1 amide bonds. The average molecular weight is 355 g/mol. The van der Waals surface area contributed by atoms with E-state index in [1.54, 1.807) is 24.3 Å². The summed E-state index contributed by atoms with van der Waals surface area (Å²) in [5.41, 5.74) is 1.57. The summed E-state index contributed by atoms with van der Waals surface area (Å²) in [6.45, 7) is 0.745. The van der Waals surface area contributed by atoms with Gasteiger partial charge in [0.15, 0.2) is 0 Å². The molecule has 8 heteroatoms. The zero-order valence-corrected chi connectivity index (χ0v) is 14.0. The largest absolute Gasteiger partial charge is 0.289 e. The van der Waals surface area contributed by atoms with Crippen molar-refractivity contribution in [3.63, 3.8) is 0 Å². The van der Waals surface area contributed by atoms with Gasteiger partial charge >= 0.3 is 0 Å². The van der Waals surface area contributed by atoms with Crippen molar-refractivity contribution in [2.45, 2.75) is 25.3 Å². The van der Waals surface area contributed by atoms with E-state index in [-0.39, 0.29) is 5.91 Å². The fourth-order valence-electron chi connectivity index (χ4n) is 2.97. The van der Waals surface area contributed by atoms with Crippen LogP contribution in [-0.2, 0) is 13.0 Å². The summed E-state index contributed by atoms with van der Waals surface area (Å²) in [5.74, 6) is 1.19. The summed E-state index contributed by atoms with van der Waals surface area (Å²) >= 11 is 5.92. The van der Waals surface area contributed by atoms with Crippen molar-refractivity contribution in [2.24, 2.45) is 0 Å². The second-order valence-electron chi connectivity index (χ2n) is 5.90. The van der Waals surface area contributed by atoms with E-state index in [0.717, 1.165) is 30.8 Å². The van der Waals surface area contributed by atoms with Crippen LogP contribution in [0.2, 0.25) is 5.02 Å². The highest BCUT2D eigenvalue weighted by Crippen LogP contribution is 2.28. The Balaban J connectivity index is 1.50. The first-order valence-electron chi connectivity index (χ1n) is 7.94. The van der Waals surface area contributed by atoms with Gasteiger partial charge in [-0.1, -0.05) is 17.7 Å². The molecule has 1 unspecified atom stereocenters. The topological polar surface area (TPSA) is 85.6 Å². The molecule has 25 heavy (non-hydrogen) atoms. The molecule has 1 atom stereocenters. The number of aromatic nitrogens is 5. The summed E-state index contributed by atoms with van der Waals surface area (Å²) in [6.07, 6.45) is 6.88. The fraction of sp³-hybridized carbons (Fsp3) is 0.235. The quantitative estimate of drug-likeness (QED) is 0.781. The number of nitrogens with one attached hydrogen (secondary N) is 1. The lowest BCUT2D eigenvalue weighted by atomic mass is 9.92. The van der Waals surface area contributed by atoms with Crippen LogP contribution in [0, 0.1) is 0 Å². The van der Waals surface area contributed by atoms with Gasteiger partial charge in [-0.25, -0.2) is 14.6 Å². The van der Waals surface area contributed by atoms with E-state index in [2.05, 4.69) is 25.4 Å². The number of rotatable bonds is 3. The van der Waals surface area contributed by atoms with Crippen molar-refractivity contribution in [2.75, 3.05) is 5.32 Å². The molecular weight excluding hydrogens is 340 g/mol. The highest BCUT2D eigenvalue weighted by atomic mass is 35.5. The fourth-order valence-corrected chi connectivity index (χ4v) is 3.16. The smallest absolute Gasteiger partial charge is 0.258 e. The first kappa shape index (κ1) is 15.7. The monoisotopic (exact) mass is 354 g/mol. The van der Waals surface area contributed by atoms with Crippen molar-refractivity contribution >= 4 is 23.5 Å². The van der Waals surface area contributed by atoms with Crippen LogP contribution < -0.4 is 5.32 Å². The van der Waals surface area contributed by atoms with Crippen LogP contribution in [0.1, 0.15) is 34.1 Å². The van der Waals surface area contributed by atoms with E-state index < -0.39 is 0 Å². The average Bonchev–Trinajstić information content (AvgIpc) is 3.03. The Hall–Kier alpha value is -2.80. The molecule has 0 spiro atoms. The van der Waals surface area contributed by atoms with Crippen LogP contribution in [0.15, 0.2) is 43.0 Å². The van der Waals surface area contributed by atoms with E-state index >= 15 is 0 Å². The number of anilines is 1. The molecular formula is C17H15ClN6O. The lowest BCUT2D eigenvalue weighted by molar-refractivity contribution is 0.102. The maximum atomic E-state index is 12.3. The molecule has 3 aromatic rings. The van der Waals surface area contributed by atoms with Crippen LogP contribution >= 0.6 is 11.6 Å². The minimum atomic E-state index is -0.279. The molecule has 126 valence electrons. The van der Waals surface area contributed by atoms with Gasteiger partial charge in [0.1, 0.15) is 12.2 Å². The summed E-state index contributed by atoms with van der Waals surface area (Å²) in [7, 11) is 0. The molecule has 1 N–H and O–H groups in total. The normalized spacial score (nSPS) is 16.3. The number of nitrogens with zero attached hydrogens (tertiary/aromatic N) is 5. The third-order valence-corrected chi connectivity index (χ3v) is 4.47. The molecule has 2 aromatic heterocycles. The number of amides is 1. The SMILES string of the molecule is O=C(Nc1nc2n(n1)CCC(c1cncnc1)C2)c1cccc(Cl)c1. The zero-order valence-electron chi connectivity index (χ0n) is 13.3. The van der Waals surface area contributed by atoms with Gasteiger partial charge in [0.05, 0.1) is 0 Å². The first-order valence-corrected chi connectivity index (χ1v) is 8.32. The van der Waals surface area contributed by atoms with E-state index in [4.69, 9.17) is 11.6 Å². The number of benzene rings is 1. The predicted molar refractivity (Wildman–Crippen MR) is 92.5 cm³/mol. The summed E-state index contributed by atoms with van der Waals surface area (Å²) in [4.78, 5) is 24.9. The van der Waals surface area contributed by atoms with Gasteiger partial charge < -0.3 is 0 Å². The molecule has 0 saturated heterocycles. The van der Waals surface area contributed by atoms with Crippen molar-refractivity contribution < 1.29 is 4.79 Å². The molecule has 1 aliphatic rings.